The topological polar surface area (TPSA) is 56.2 Å². The third-order valence-corrected chi connectivity index (χ3v) is 13.4. The van der Waals surface area contributed by atoms with E-state index in [9.17, 15) is 0 Å². The Morgan fingerprint density at radius 3 is 1.62 bits per heavy atom. The number of rotatable bonds is 6. The molecule has 1 spiro atoms. The molecule has 2 aromatic heterocycles. The summed E-state index contributed by atoms with van der Waals surface area (Å²) in [6.45, 7) is 7.73. The van der Waals surface area contributed by atoms with Crippen molar-refractivity contribution < 1.29 is 4.42 Å². The van der Waals surface area contributed by atoms with Gasteiger partial charge in [0.1, 0.15) is 11.2 Å². The lowest BCUT2D eigenvalue weighted by Gasteiger charge is -2.36. The van der Waals surface area contributed by atoms with Gasteiger partial charge in [0, 0.05) is 32.9 Å². The van der Waals surface area contributed by atoms with Crippen molar-refractivity contribution in [1.29, 1.82) is 0 Å². The Hall–Kier alpha value is -7.94. The summed E-state index contributed by atoms with van der Waals surface area (Å²) < 4.78 is 6.16. The predicted octanol–water partition coefficient (Wildman–Crippen LogP) is 15.6. The van der Waals surface area contributed by atoms with E-state index >= 15 is 0 Å². The average molecular weight is 809 g/mol. The monoisotopic (exact) mass is 808 g/mol. The molecule has 0 unspecified atom stereocenters. The minimum absolute atomic E-state index is 0.0200. The van der Waals surface area contributed by atoms with Crippen LogP contribution in [0.1, 0.15) is 43.2 Å². The van der Waals surface area contributed by atoms with Gasteiger partial charge >= 0.3 is 0 Å². The van der Waals surface area contributed by atoms with Crippen LogP contribution in [0.25, 0.3) is 105 Å². The largest absolute Gasteiger partial charge is 0.456 e. The van der Waals surface area contributed by atoms with Crippen molar-refractivity contribution in [3.63, 3.8) is 0 Å². The van der Waals surface area contributed by atoms with Gasteiger partial charge in [-0.3, -0.25) is 0 Å². The third kappa shape index (κ3) is 6.34. The third-order valence-electron chi connectivity index (χ3n) is 13.4. The molecule has 1 saturated carbocycles. The zero-order chi connectivity index (χ0) is 41.9. The van der Waals surface area contributed by atoms with Crippen LogP contribution < -0.4 is 0 Å². The number of fused-ring (bicyclic) bond motifs is 8. The Bertz CT molecular complexity index is 3430. The second-order valence-corrected chi connectivity index (χ2v) is 17.0. The Labute approximate surface area is 366 Å². The molecule has 10 aromatic rings. The van der Waals surface area contributed by atoms with Gasteiger partial charge in [-0.2, -0.15) is 0 Å². The normalized spacial score (nSPS) is 13.8. The van der Waals surface area contributed by atoms with Gasteiger partial charge in [0.15, 0.2) is 23.2 Å². The molecule has 0 saturated heterocycles. The van der Waals surface area contributed by atoms with E-state index in [-0.39, 0.29) is 5.41 Å². The van der Waals surface area contributed by atoms with Gasteiger partial charge in [0.2, 0.25) is 0 Å². The summed E-state index contributed by atoms with van der Waals surface area (Å²) >= 11 is 0. The number of aromatic nitrogens is 3. The highest BCUT2D eigenvalue weighted by Gasteiger charge is 2.43. The summed E-state index contributed by atoms with van der Waals surface area (Å²) in [4.78, 5) is 19.1. The second-order valence-electron chi connectivity index (χ2n) is 17.0. The summed E-state index contributed by atoms with van der Waals surface area (Å²) in [5.74, 6) is 1.83. The molecule has 2 aliphatic rings. The smallest absolute Gasteiger partial charge is 0.187 e. The van der Waals surface area contributed by atoms with E-state index in [0.29, 0.717) is 17.5 Å². The number of furan rings is 1. The number of hydrogen-bond acceptors (Lipinski definition) is 4. The van der Waals surface area contributed by atoms with Gasteiger partial charge in [-0.15, -0.1) is 0 Å². The summed E-state index contributed by atoms with van der Waals surface area (Å²) in [7, 11) is 0. The molecule has 1 fully saturated rings. The number of hydrogen-bond donors (Lipinski definition) is 0. The van der Waals surface area contributed by atoms with Crippen LogP contribution in [-0.4, -0.2) is 15.0 Å². The second kappa shape index (κ2) is 14.9. The van der Waals surface area contributed by atoms with Crippen molar-refractivity contribution in [2.45, 2.75) is 37.5 Å². The molecule has 0 bridgehead atoms. The van der Waals surface area contributed by atoms with Crippen LogP contribution in [0.15, 0.2) is 186 Å². The summed E-state index contributed by atoms with van der Waals surface area (Å²) in [5.41, 5.74) is 17.5. The molecule has 8 aromatic carbocycles. The molecule has 5 nitrogen and oxygen atoms in total. The molecule has 298 valence electrons. The maximum atomic E-state index is 7.73. The van der Waals surface area contributed by atoms with Crippen molar-refractivity contribution >= 4 is 27.6 Å². The molecule has 63 heavy (non-hydrogen) atoms. The van der Waals surface area contributed by atoms with Crippen LogP contribution in [0.4, 0.5) is 5.69 Å². The summed E-state index contributed by atoms with van der Waals surface area (Å²) in [6.07, 6.45) is 5.96. The molecular weight excluding hydrogens is 769 g/mol. The zero-order valence-electron chi connectivity index (χ0n) is 34.6. The molecule has 12 rings (SSSR count). The van der Waals surface area contributed by atoms with Gasteiger partial charge < -0.3 is 4.42 Å². The predicted molar refractivity (Wildman–Crippen MR) is 255 cm³/mol. The molecule has 2 heterocycles. The lowest BCUT2D eigenvalue weighted by molar-refractivity contribution is 0.353. The highest BCUT2D eigenvalue weighted by Crippen LogP contribution is 2.57. The first kappa shape index (κ1) is 36.9. The lowest BCUT2D eigenvalue weighted by Crippen LogP contribution is -2.28. The van der Waals surface area contributed by atoms with E-state index in [4.69, 9.17) is 25.9 Å². The summed E-state index contributed by atoms with van der Waals surface area (Å²) in [5, 5.41) is 2.09. The van der Waals surface area contributed by atoms with Crippen LogP contribution in [0.5, 0.6) is 0 Å². The van der Waals surface area contributed by atoms with Crippen molar-refractivity contribution in [3.05, 3.63) is 205 Å². The maximum absolute atomic E-state index is 7.73. The Kier molecular flexibility index (Phi) is 8.72. The SMILES string of the molecule is [C-]#[N+]c1ccc2c(c1)C1(CCCCC1)c1cc(-c3cccc(-c4ccc(-c5nc(-c6ccc(-c7ccccc7)cc6)nc(-c6ccc7oc8ccccc8c7c6)n5)cc4)c3)ccc1-2. The standard InChI is InChI=1S/C58H40N4O/c1-59-46-27-29-48-47-28-25-44(35-51(47)58(52(48)36-46)31-8-3-9-32-58)43-14-10-13-42(33-43)39-19-23-41(24-20-39)56-60-55(40-21-17-38(18-22-40)37-11-4-2-5-12-37)61-57(62-56)45-26-30-54-50(34-45)49-15-6-7-16-53(49)63-54/h2,4-7,10-30,33-36H,3,8-9,31-32H2. The molecule has 0 N–H and O–H groups in total. The van der Waals surface area contributed by atoms with Crippen molar-refractivity contribution in [3.8, 4) is 78.7 Å². The molecule has 0 radical (unpaired) electrons. The van der Waals surface area contributed by atoms with Gasteiger partial charge in [-0.1, -0.05) is 165 Å². The quantitative estimate of drug-likeness (QED) is 0.157. The van der Waals surface area contributed by atoms with E-state index in [1.807, 2.05) is 42.5 Å². The Balaban J connectivity index is 0.900. The Morgan fingerprint density at radius 2 is 0.905 bits per heavy atom. The van der Waals surface area contributed by atoms with Crippen molar-refractivity contribution in [2.75, 3.05) is 0 Å². The van der Waals surface area contributed by atoms with E-state index in [1.165, 1.54) is 52.6 Å². The number of nitrogens with zero attached hydrogens (tertiary/aromatic N) is 4. The maximum Gasteiger partial charge on any atom is 0.187 e. The van der Waals surface area contributed by atoms with Crippen molar-refractivity contribution in [2.24, 2.45) is 0 Å². The lowest BCUT2D eigenvalue weighted by atomic mass is 9.67. The fraction of sp³-hybridized carbons (Fsp3) is 0.103. The van der Waals surface area contributed by atoms with E-state index in [0.717, 1.165) is 79.4 Å². The van der Waals surface area contributed by atoms with Gasteiger partial charge in [0.05, 0.1) is 6.57 Å². The van der Waals surface area contributed by atoms with Gasteiger partial charge in [-0.25, -0.2) is 19.8 Å². The highest BCUT2D eigenvalue weighted by molar-refractivity contribution is 6.06. The van der Waals surface area contributed by atoms with Crippen molar-refractivity contribution in [1.82, 2.24) is 15.0 Å². The fourth-order valence-corrected chi connectivity index (χ4v) is 10.2. The zero-order valence-corrected chi connectivity index (χ0v) is 34.6. The van der Waals surface area contributed by atoms with Crippen LogP contribution in [0, 0.1) is 6.57 Å². The average Bonchev–Trinajstić information content (AvgIpc) is 3.86. The first-order valence-corrected chi connectivity index (χ1v) is 21.8. The van der Waals surface area contributed by atoms with E-state index in [1.54, 1.807) is 0 Å². The van der Waals surface area contributed by atoms with Gasteiger partial charge in [-0.05, 0) is 105 Å². The fourth-order valence-electron chi connectivity index (χ4n) is 10.2. The minimum Gasteiger partial charge on any atom is -0.456 e. The van der Waals surface area contributed by atoms with E-state index < -0.39 is 0 Å². The highest BCUT2D eigenvalue weighted by atomic mass is 16.3. The van der Waals surface area contributed by atoms with Crippen LogP contribution in [-0.2, 0) is 5.41 Å². The number of para-hydroxylation sites is 1. The molecule has 0 atom stereocenters. The molecule has 5 heteroatoms. The molecular formula is C58H40N4O. The number of benzene rings is 8. The van der Waals surface area contributed by atoms with Crippen LogP contribution in [0.2, 0.25) is 0 Å². The van der Waals surface area contributed by atoms with Crippen LogP contribution in [0.3, 0.4) is 0 Å². The first-order valence-electron chi connectivity index (χ1n) is 21.8. The molecule has 0 aliphatic heterocycles. The first-order chi connectivity index (χ1) is 31.1. The summed E-state index contributed by atoms with van der Waals surface area (Å²) in [6, 6.07) is 63.9. The Morgan fingerprint density at radius 1 is 0.397 bits per heavy atom. The molecule has 2 aliphatic carbocycles. The van der Waals surface area contributed by atoms with E-state index in [2.05, 4.69) is 144 Å². The van der Waals surface area contributed by atoms with Crippen LogP contribution >= 0.6 is 0 Å². The molecule has 0 amide bonds. The van der Waals surface area contributed by atoms with Gasteiger partial charge in [0.25, 0.3) is 0 Å². The minimum atomic E-state index is -0.0200.